The molecule has 2 aliphatic heterocycles. The molecule has 1 aromatic rings. The van der Waals surface area contributed by atoms with Crippen molar-refractivity contribution in [3.05, 3.63) is 17.6 Å². The summed E-state index contributed by atoms with van der Waals surface area (Å²) < 4.78 is 38.5. The maximum Gasteiger partial charge on any atom is 0.289 e. The maximum atomic E-state index is 13.3. The molecule has 0 spiro atoms. The fraction of sp³-hybridized carbons (Fsp3) is 0.773. The van der Waals surface area contributed by atoms with E-state index in [-0.39, 0.29) is 22.3 Å². The molecule has 3 rings (SSSR count). The lowest BCUT2D eigenvalue weighted by molar-refractivity contribution is 0.0320. The summed E-state index contributed by atoms with van der Waals surface area (Å²) in [5, 5.41) is 0. The van der Waals surface area contributed by atoms with Gasteiger partial charge >= 0.3 is 0 Å². The Morgan fingerprint density at radius 1 is 1.06 bits per heavy atom. The van der Waals surface area contributed by atoms with Gasteiger partial charge in [0.1, 0.15) is 10.7 Å². The zero-order chi connectivity index (χ0) is 22.3. The van der Waals surface area contributed by atoms with Gasteiger partial charge in [0.05, 0.1) is 13.2 Å². The van der Waals surface area contributed by atoms with Gasteiger partial charge in [-0.25, -0.2) is 8.42 Å². The number of aryl methyl sites for hydroxylation is 1. The van der Waals surface area contributed by atoms with E-state index in [0.29, 0.717) is 26.2 Å². The number of carbonyl (C=O) groups excluding carboxylic acids is 1. The van der Waals surface area contributed by atoms with Gasteiger partial charge in [-0.3, -0.25) is 9.69 Å². The van der Waals surface area contributed by atoms with E-state index in [0.717, 1.165) is 71.4 Å². The first-order chi connectivity index (χ1) is 14.9. The minimum absolute atomic E-state index is 0.118. The quantitative estimate of drug-likeness (QED) is 0.477. The van der Waals surface area contributed by atoms with Gasteiger partial charge in [0, 0.05) is 51.9 Å². The number of rotatable bonds is 11. The normalized spacial score (nSPS) is 18.5. The summed E-state index contributed by atoms with van der Waals surface area (Å²) in [7, 11) is -3.61. The topological polar surface area (TPSA) is 83.3 Å². The van der Waals surface area contributed by atoms with E-state index in [9.17, 15) is 13.2 Å². The molecule has 176 valence electrons. The van der Waals surface area contributed by atoms with Crippen molar-refractivity contribution in [2.24, 2.45) is 0 Å². The van der Waals surface area contributed by atoms with Gasteiger partial charge in [-0.15, -0.1) is 0 Å². The van der Waals surface area contributed by atoms with Gasteiger partial charge < -0.3 is 14.1 Å². The molecule has 2 saturated heterocycles. The van der Waals surface area contributed by atoms with E-state index in [1.165, 1.54) is 10.4 Å². The molecule has 1 aromatic heterocycles. The predicted octanol–water partition coefficient (Wildman–Crippen LogP) is 2.73. The van der Waals surface area contributed by atoms with Gasteiger partial charge in [0.2, 0.25) is 10.0 Å². The molecule has 0 bridgehead atoms. The van der Waals surface area contributed by atoms with Gasteiger partial charge in [-0.1, -0.05) is 26.2 Å². The number of unbranched alkanes of at least 4 members (excludes halogenated alkanes) is 3. The third kappa shape index (κ3) is 6.31. The van der Waals surface area contributed by atoms with Crippen LogP contribution in [0.4, 0.5) is 0 Å². The van der Waals surface area contributed by atoms with Gasteiger partial charge in [0.15, 0.2) is 5.76 Å². The van der Waals surface area contributed by atoms with Crippen LogP contribution in [0.2, 0.25) is 0 Å². The third-order valence-electron chi connectivity index (χ3n) is 6.12. The second-order valence-electron chi connectivity index (χ2n) is 8.45. The Morgan fingerprint density at radius 2 is 1.77 bits per heavy atom. The van der Waals surface area contributed by atoms with Crippen LogP contribution in [0.15, 0.2) is 15.4 Å². The molecule has 0 aromatic carbocycles. The molecular formula is C22H37N3O5S. The molecule has 0 unspecified atom stereocenters. The summed E-state index contributed by atoms with van der Waals surface area (Å²) in [6.07, 6.45) is 6.02. The van der Waals surface area contributed by atoms with E-state index >= 15 is 0 Å². The summed E-state index contributed by atoms with van der Waals surface area (Å²) in [6, 6.07) is 1.43. The van der Waals surface area contributed by atoms with Crippen molar-refractivity contribution in [2.45, 2.75) is 57.3 Å². The number of furan rings is 1. The van der Waals surface area contributed by atoms with Crippen LogP contribution >= 0.6 is 0 Å². The van der Waals surface area contributed by atoms with Gasteiger partial charge in [-0.05, 0) is 26.2 Å². The Morgan fingerprint density at radius 3 is 2.45 bits per heavy atom. The average Bonchev–Trinajstić information content (AvgIpc) is 3.44. The van der Waals surface area contributed by atoms with Crippen LogP contribution in [0.5, 0.6) is 0 Å². The molecule has 0 aliphatic carbocycles. The maximum absolute atomic E-state index is 13.3. The highest BCUT2D eigenvalue weighted by Crippen LogP contribution is 2.27. The van der Waals surface area contributed by atoms with Crippen molar-refractivity contribution in [3.63, 3.8) is 0 Å². The lowest BCUT2D eigenvalue weighted by atomic mass is 10.2. The molecule has 0 radical (unpaired) electrons. The molecule has 1 amide bonds. The van der Waals surface area contributed by atoms with E-state index in [2.05, 4.69) is 11.8 Å². The highest BCUT2D eigenvalue weighted by Gasteiger charge is 2.32. The van der Waals surface area contributed by atoms with Gasteiger partial charge in [-0.2, -0.15) is 4.31 Å². The monoisotopic (exact) mass is 455 g/mol. The highest BCUT2D eigenvalue weighted by molar-refractivity contribution is 7.89. The minimum atomic E-state index is -3.61. The Balaban J connectivity index is 1.71. The van der Waals surface area contributed by atoms with E-state index < -0.39 is 10.0 Å². The summed E-state index contributed by atoms with van der Waals surface area (Å²) in [5.41, 5.74) is 0. The predicted molar refractivity (Wildman–Crippen MR) is 119 cm³/mol. The van der Waals surface area contributed by atoms with Crippen LogP contribution in [0, 0.1) is 6.92 Å². The van der Waals surface area contributed by atoms with Crippen LogP contribution in [0.25, 0.3) is 0 Å². The lowest BCUT2D eigenvalue weighted by Gasteiger charge is -2.29. The molecule has 0 N–H and O–H groups in total. The number of hydrogen-bond donors (Lipinski definition) is 0. The molecule has 31 heavy (non-hydrogen) atoms. The Labute approximate surface area is 186 Å². The van der Waals surface area contributed by atoms with Crippen LogP contribution in [-0.4, -0.2) is 87.5 Å². The molecular weight excluding hydrogens is 418 g/mol. The number of nitrogens with zero attached hydrogens (tertiary/aromatic N) is 3. The van der Waals surface area contributed by atoms with E-state index in [1.807, 2.05) is 4.90 Å². The van der Waals surface area contributed by atoms with Gasteiger partial charge in [0.25, 0.3) is 5.91 Å². The van der Waals surface area contributed by atoms with Crippen LogP contribution in [-0.2, 0) is 14.8 Å². The summed E-state index contributed by atoms with van der Waals surface area (Å²) in [4.78, 5) is 17.5. The Bertz CT molecular complexity index is 811. The molecule has 9 heteroatoms. The van der Waals surface area contributed by atoms with Crippen molar-refractivity contribution < 1.29 is 22.4 Å². The molecule has 2 aliphatic rings. The second kappa shape index (κ2) is 11.4. The zero-order valence-corrected chi connectivity index (χ0v) is 19.8. The summed E-state index contributed by atoms with van der Waals surface area (Å²) in [6.45, 7) is 10.1. The first-order valence-corrected chi connectivity index (χ1v) is 13.1. The van der Waals surface area contributed by atoms with Crippen molar-refractivity contribution in [3.8, 4) is 0 Å². The second-order valence-corrected chi connectivity index (χ2v) is 10.4. The SMILES string of the molecule is CCCCCCN(CCN1CCOCC1)C(=O)c1cc(S(=O)(=O)N2CCCC2)c(C)o1. The molecule has 2 fully saturated rings. The first kappa shape index (κ1) is 24.2. The first-order valence-electron chi connectivity index (χ1n) is 11.6. The number of morpholine rings is 1. The number of sulfonamides is 1. The fourth-order valence-electron chi connectivity index (χ4n) is 4.18. The highest BCUT2D eigenvalue weighted by atomic mass is 32.2. The fourth-order valence-corrected chi connectivity index (χ4v) is 5.86. The number of hydrogen-bond acceptors (Lipinski definition) is 6. The van der Waals surface area contributed by atoms with Crippen molar-refractivity contribution in [1.82, 2.24) is 14.1 Å². The molecule has 0 saturated carbocycles. The lowest BCUT2D eigenvalue weighted by Crippen LogP contribution is -2.43. The Hall–Kier alpha value is -1.42. The largest absolute Gasteiger partial charge is 0.455 e. The zero-order valence-electron chi connectivity index (χ0n) is 19.0. The van der Waals surface area contributed by atoms with Crippen molar-refractivity contribution in [2.75, 3.05) is 59.0 Å². The number of ether oxygens (including phenoxy) is 1. The summed E-state index contributed by atoms with van der Waals surface area (Å²) >= 11 is 0. The number of carbonyl (C=O) groups is 1. The van der Waals surface area contributed by atoms with Crippen LogP contribution < -0.4 is 0 Å². The van der Waals surface area contributed by atoms with Crippen LogP contribution in [0.1, 0.15) is 61.8 Å². The molecule has 3 heterocycles. The smallest absolute Gasteiger partial charge is 0.289 e. The van der Waals surface area contributed by atoms with Crippen molar-refractivity contribution >= 4 is 15.9 Å². The average molecular weight is 456 g/mol. The van der Waals surface area contributed by atoms with Crippen molar-refractivity contribution in [1.29, 1.82) is 0 Å². The number of amides is 1. The van der Waals surface area contributed by atoms with E-state index in [1.54, 1.807) is 6.92 Å². The standard InChI is InChI=1S/C22H37N3O5S/c1-3-4-5-6-9-24(13-12-23-14-16-29-17-15-23)22(26)20-18-21(19(2)30-20)31(27,28)25-10-7-8-11-25/h18H,3-17H2,1-2H3. The molecule has 8 nitrogen and oxygen atoms in total. The minimum Gasteiger partial charge on any atom is -0.455 e. The Kier molecular flexibility index (Phi) is 8.95. The van der Waals surface area contributed by atoms with Crippen LogP contribution in [0.3, 0.4) is 0 Å². The third-order valence-corrected chi connectivity index (χ3v) is 8.13. The van der Waals surface area contributed by atoms with E-state index in [4.69, 9.17) is 9.15 Å². The molecule has 0 atom stereocenters. The summed E-state index contributed by atoms with van der Waals surface area (Å²) in [5.74, 6) is 0.179.